The minimum atomic E-state index is -4.66. The summed E-state index contributed by atoms with van der Waals surface area (Å²) in [6, 6.07) is 14.5. The first kappa shape index (κ1) is 20.9. The van der Waals surface area contributed by atoms with Crippen molar-refractivity contribution in [3.8, 4) is 0 Å². The molecule has 2 unspecified atom stereocenters. The summed E-state index contributed by atoms with van der Waals surface area (Å²) in [5.41, 5.74) is 1.24. The van der Waals surface area contributed by atoms with Gasteiger partial charge in [0.25, 0.3) is 0 Å². The first-order valence-electron chi connectivity index (χ1n) is 7.04. The van der Waals surface area contributed by atoms with Crippen LogP contribution in [0.2, 0.25) is 0 Å². The fourth-order valence-electron chi connectivity index (χ4n) is 2.06. The molecule has 0 saturated heterocycles. The smallest absolute Gasteiger partial charge is 0.777 e. The Morgan fingerprint density at radius 3 is 2.29 bits per heavy atom. The van der Waals surface area contributed by atoms with Crippen molar-refractivity contribution in [1.29, 1.82) is 0 Å². The van der Waals surface area contributed by atoms with Crippen molar-refractivity contribution < 1.29 is 53.4 Å². The van der Waals surface area contributed by atoms with E-state index >= 15 is 0 Å². The molecular weight excluding hydrogens is 340 g/mol. The van der Waals surface area contributed by atoms with Gasteiger partial charge in [-0.05, 0) is 36.8 Å². The zero-order valence-corrected chi connectivity index (χ0v) is 16.4. The average Bonchev–Trinajstić information content (AvgIpc) is 2.53. The van der Waals surface area contributed by atoms with Crippen LogP contribution in [0.5, 0.6) is 0 Å². The van der Waals surface area contributed by atoms with Crippen molar-refractivity contribution in [2.45, 2.75) is 12.7 Å². The van der Waals surface area contributed by atoms with E-state index in [0.29, 0.717) is 16.8 Å². The number of hydrogen-bond acceptors (Lipinski definition) is 5. The summed E-state index contributed by atoms with van der Waals surface area (Å²) < 4.78 is 16.5. The molecule has 24 heavy (non-hydrogen) atoms. The van der Waals surface area contributed by atoms with E-state index in [0.717, 1.165) is 0 Å². The van der Waals surface area contributed by atoms with Gasteiger partial charge in [-0.2, -0.15) is 0 Å². The Morgan fingerprint density at radius 1 is 1.21 bits per heavy atom. The first-order valence-corrected chi connectivity index (χ1v) is 8.68. The predicted octanol–water partition coefficient (Wildman–Crippen LogP) is -0.476. The maximum Gasteiger partial charge on any atom is 1.00 e. The molecule has 0 radical (unpaired) electrons. The molecule has 0 bridgehead atoms. The minimum Gasteiger partial charge on any atom is -0.777 e. The van der Waals surface area contributed by atoms with E-state index in [1.807, 2.05) is 0 Å². The third-order valence-corrected chi connectivity index (χ3v) is 4.22. The van der Waals surface area contributed by atoms with Gasteiger partial charge in [-0.15, -0.1) is 0 Å². The molecular formula is C16H17NNaO5P. The molecule has 2 aromatic rings. The molecule has 8 heteroatoms. The van der Waals surface area contributed by atoms with E-state index in [9.17, 15) is 19.1 Å². The quantitative estimate of drug-likeness (QED) is 0.412. The van der Waals surface area contributed by atoms with E-state index in [2.05, 4.69) is 5.32 Å². The number of carbonyl (C=O) groups excluding carboxylic acids is 1. The van der Waals surface area contributed by atoms with Crippen molar-refractivity contribution in [2.75, 3.05) is 11.9 Å². The second-order valence-corrected chi connectivity index (χ2v) is 6.46. The van der Waals surface area contributed by atoms with Crippen LogP contribution >= 0.6 is 7.60 Å². The zero-order valence-electron chi connectivity index (χ0n) is 13.5. The summed E-state index contributed by atoms with van der Waals surface area (Å²) in [5.74, 6) is -1.72. The van der Waals surface area contributed by atoms with Crippen LogP contribution in [-0.4, -0.2) is 17.5 Å². The van der Waals surface area contributed by atoms with Crippen LogP contribution in [0.4, 0.5) is 5.69 Å². The molecule has 2 aromatic carbocycles. The van der Waals surface area contributed by atoms with Crippen LogP contribution in [-0.2, 0) is 9.30 Å². The average molecular weight is 357 g/mol. The second kappa shape index (κ2) is 9.37. The molecule has 122 valence electrons. The number of anilines is 1. The van der Waals surface area contributed by atoms with E-state index < -0.39 is 19.3 Å². The third kappa shape index (κ3) is 5.74. The summed E-state index contributed by atoms with van der Waals surface area (Å²) in [6.45, 7) is 1.99. The van der Waals surface area contributed by atoms with Gasteiger partial charge < -0.3 is 24.4 Å². The van der Waals surface area contributed by atoms with Gasteiger partial charge in [0.15, 0.2) is 7.60 Å². The number of ether oxygens (including phenoxy) is 1. The van der Waals surface area contributed by atoms with Crippen LogP contribution < -0.4 is 39.8 Å². The van der Waals surface area contributed by atoms with Crippen LogP contribution in [0.3, 0.4) is 0 Å². The van der Waals surface area contributed by atoms with Gasteiger partial charge in [-0.3, -0.25) is 0 Å². The number of rotatable bonds is 6. The molecule has 0 aromatic heterocycles. The molecule has 0 amide bonds. The van der Waals surface area contributed by atoms with E-state index in [-0.39, 0.29) is 36.2 Å². The van der Waals surface area contributed by atoms with Crippen molar-refractivity contribution in [2.24, 2.45) is 0 Å². The molecule has 0 aliphatic carbocycles. The van der Waals surface area contributed by atoms with Gasteiger partial charge in [0.05, 0.1) is 12.2 Å². The number of esters is 1. The SMILES string of the molecule is CCOC(=O)c1ccc(NC(c2ccccc2)P(=O)([O-])O)cc1.[Na+]. The Kier molecular flexibility index (Phi) is 8.16. The first-order chi connectivity index (χ1) is 10.9. The largest absolute Gasteiger partial charge is 1.00 e. The summed E-state index contributed by atoms with van der Waals surface area (Å²) in [5, 5.41) is 2.76. The number of nitrogens with one attached hydrogen (secondary N) is 1. The number of hydrogen-bond donors (Lipinski definition) is 2. The summed E-state index contributed by atoms with van der Waals surface area (Å²) in [6.07, 6.45) is 0. The zero-order chi connectivity index (χ0) is 16.9. The standard InChI is InChI=1S/C16H18NO5P.Na/c1-2-22-16(18)13-8-10-14(11-9-13)17-15(23(19,20)21)12-6-4-3-5-7-12;/h3-11,15,17H,2H2,1H3,(H2,19,20,21);/q;+1/p-1. The molecule has 0 aliphatic rings. The van der Waals surface area contributed by atoms with Gasteiger partial charge in [-0.25, -0.2) is 4.79 Å². The molecule has 0 spiro atoms. The Hall–Kier alpha value is -1.14. The van der Waals surface area contributed by atoms with Gasteiger partial charge in [0, 0.05) is 5.69 Å². The van der Waals surface area contributed by atoms with Gasteiger partial charge in [0.2, 0.25) is 0 Å². The van der Waals surface area contributed by atoms with E-state index in [1.165, 1.54) is 12.1 Å². The Balaban J connectivity index is 0.00000288. The Labute approximate surface area is 162 Å². The maximum absolute atomic E-state index is 11.6. The van der Waals surface area contributed by atoms with Gasteiger partial charge in [0.1, 0.15) is 5.78 Å². The summed E-state index contributed by atoms with van der Waals surface area (Å²) >= 11 is 0. The van der Waals surface area contributed by atoms with Crippen LogP contribution in [0.15, 0.2) is 54.6 Å². The maximum atomic E-state index is 11.6. The van der Waals surface area contributed by atoms with Gasteiger partial charge >= 0.3 is 35.5 Å². The topological polar surface area (TPSA) is 98.7 Å². The van der Waals surface area contributed by atoms with Gasteiger partial charge in [-0.1, -0.05) is 30.3 Å². The Morgan fingerprint density at radius 2 is 1.79 bits per heavy atom. The van der Waals surface area contributed by atoms with E-state index in [1.54, 1.807) is 49.4 Å². The molecule has 0 heterocycles. The summed E-state index contributed by atoms with van der Waals surface area (Å²) in [4.78, 5) is 32.7. The Bertz CT molecular complexity index is 702. The number of carbonyl (C=O) groups is 1. The van der Waals surface area contributed by atoms with Crippen molar-refractivity contribution in [1.82, 2.24) is 0 Å². The van der Waals surface area contributed by atoms with Crippen molar-refractivity contribution in [3.63, 3.8) is 0 Å². The van der Waals surface area contributed by atoms with Crippen LogP contribution in [0.1, 0.15) is 28.6 Å². The van der Waals surface area contributed by atoms with Crippen molar-refractivity contribution >= 4 is 19.3 Å². The minimum absolute atomic E-state index is 0. The van der Waals surface area contributed by atoms with Crippen LogP contribution in [0.25, 0.3) is 0 Å². The molecule has 2 rings (SSSR count). The van der Waals surface area contributed by atoms with Crippen LogP contribution in [0, 0.1) is 0 Å². The third-order valence-electron chi connectivity index (χ3n) is 3.14. The molecule has 0 aliphatic heterocycles. The normalized spacial score (nSPS) is 14.0. The van der Waals surface area contributed by atoms with E-state index in [4.69, 9.17) is 4.74 Å². The summed E-state index contributed by atoms with van der Waals surface area (Å²) in [7, 11) is -4.66. The molecule has 0 saturated carbocycles. The second-order valence-electron chi connectivity index (χ2n) is 4.82. The molecule has 2 atom stereocenters. The molecule has 2 N–H and O–H groups in total. The predicted molar refractivity (Wildman–Crippen MR) is 85.0 cm³/mol. The molecule has 0 fully saturated rings. The van der Waals surface area contributed by atoms with Crippen molar-refractivity contribution in [3.05, 3.63) is 65.7 Å². The monoisotopic (exact) mass is 357 g/mol. The molecule has 6 nitrogen and oxygen atoms in total. The number of benzene rings is 2. The fourth-order valence-corrected chi connectivity index (χ4v) is 2.92. The fraction of sp³-hybridized carbons (Fsp3) is 0.188.